The summed E-state index contributed by atoms with van der Waals surface area (Å²) in [6.07, 6.45) is 4.13. The van der Waals surface area contributed by atoms with Crippen molar-refractivity contribution in [2.24, 2.45) is 0 Å². The number of hydrogen-bond donors (Lipinski definition) is 1. The average molecular weight is 289 g/mol. The van der Waals surface area contributed by atoms with Crippen molar-refractivity contribution in [2.75, 3.05) is 12.3 Å². The Labute approximate surface area is 125 Å². The Morgan fingerprint density at radius 3 is 2.95 bits per heavy atom. The molecule has 0 aliphatic carbocycles. The van der Waals surface area contributed by atoms with Crippen molar-refractivity contribution in [1.82, 2.24) is 5.32 Å². The SMILES string of the molecule is Cc1c(C(C)NCC2CCCCS2)oc2ccccc12. The first-order chi connectivity index (χ1) is 9.75. The second kappa shape index (κ2) is 6.23. The molecule has 0 saturated carbocycles. The van der Waals surface area contributed by atoms with Crippen LogP contribution in [-0.4, -0.2) is 17.5 Å². The topological polar surface area (TPSA) is 25.2 Å². The van der Waals surface area contributed by atoms with Crippen LogP contribution >= 0.6 is 11.8 Å². The van der Waals surface area contributed by atoms with Gasteiger partial charge in [0.2, 0.25) is 0 Å². The third kappa shape index (κ3) is 2.89. The van der Waals surface area contributed by atoms with Gasteiger partial charge in [0.25, 0.3) is 0 Å². The Morgan fingerprint density at radius 2 is 2.20 bits per heavy atom. The van der Waals surface area contributed by atoms with Crippen LogP contribution in [0.5, 0.6) is 0 Å². The number of hydrogen-bond acceptors (Lipinski definition) is 3. The molecule has 20 heavy (non-hydrogen) atoms. The highest BCUT2D eigenvalue weighted by Crippen LogP contribution is 2.30. The third-order valence-electron chi connectivity index (χ3n) is 4.20. The maximum Gasteiger partial charge on any atom is 0.134 e. The molecule has 1 aliphatic rings. The first-order valence-corrected chi connectivity index (χ1v) is 8.63. The van der Waals surface area contributed by atoms with Crippen molar-refractivity contribution in [1.29, 1.82) is 0 Å². The molecule has 0 spiro atoms. The summed E-state index contributed by atoms with van der Waals surface area (Å²) in [6.45, 7) is 5.45. The van der Waals surface area contributed by atoms with Crippen molar-refractivity contribution in [3.05, 3.63) is 35.6 Å². The van der Waals surface area contributed by atoms with E-state index in [0.717, 1.165) is 23.1 Å². The van der Waals surface area contributed by atoms with E-state index in [2.05, 4.69) is 49.1 Å². The molecule has 1 fully saturated rings. The molecule has 0 amide bonds. The highest BCUT2D eigenvalue weighted by atomic mass is 32.2. The summed E-state index contributed by atoms with van der Waals surface area (Å²) < 4.78 is 6.03. The highest BCUT2D eigenvalue weighted by molar-refractivity contribution is 7.99. The van der Waals surface area contributed by atoms with E-state index in [1.807, 2.05) is 6.07 Å². The van der Waals surface area contributed by atoms with Crippen LogP contribution in [0.15, 0.2) is 28.7 Å². The maximum atomic E-state index is 6.03. The molecule has 2 heterocycles. The van der Waals surface area contributed by atoms with E-state index >= 15 is 0 Å². The largest absolute Gasteiger partial charge is 0.459 e. The molecule has 1 aliphatic heterocycles. The van der Waals surface area contributed by atoms with Gasteiger partial charge in [0, 0.05) is 17.2 Å². The van der Waals surface area contributed by atoms with Gasteiger partial charge in [0.05, 0.1) is 6.04 Å². The molecule has 1 saturated heterocycles. The zero-order valence-corrected chi connectivity index (χ0v) is 13.1. The van der Waals surface area contributed by atoms with Gasteiger partial charge in [-0.05, 0) is 44.1 Å². The van der Waals surface area contributed by atoms with Crippen molar-refractivity contribution in [3.8, 4) is 0 Å². The Bertz CT molecular complexity index is 571. The minimum Gasteiger partial charge on any atom is -0.459 e. The van der Waals surface area contributed by atoms with Gasteiger partial charge < -0.3 is 9.73 Å². The van der Waals surface area contributed by atoms with Gasteiger partial charge in [-0.1, -0.05) is 24.6 Å². The molecule has 2 atom stereocenters. The number of thioether (sulfide) groups is 1. The summed E-state index contributed by atoms with van der Waals surface area (Å²) >= 11 is 2.12. The normalized spacial score (nSPS) is 21.2. The monoisotopic (exact) mass is 289 g/mol. The molecule has 3 rings (SSSR count). The van der Waals surface area contributed by atoms with Crippen LogP contribution in [0.4, 0.5) is 0 Å². The van der Waals surface area contributed by atoms with Crippen LogP contribution in [0.3, 0.4) is 0 Å². The first kappa shape index (κ1) is 14.0. The number of rotatable bonds is 4. The first-order valence-electron chi connectivity index (χ1n) is 7.58. The lowest BCUT2D eigenvalue weighted by atomic mass is 10.1. The van der Waals surface area contributed by atoms with Crippen LogP contribution in [0, 0.1) is 6.92 Å². The van der Waals surface area contributed by atoms with Gasteiger partial charge >= 0.3 is 0 Å². The highest BCUT2D eigenvalue weighted by Gasteiger charge is 2.19. The molecular formula is C17H23NOS. The van der Waals surface area contributed by atoms with E-state index in [9.17, 15) is 0 Å². The summed E-state index contributed by atoms with van der Waals surface area (Å²) in [7, 11) is 0. The number of furan rings is 1. The third-order valence-corrected chi connectivity index (χ3v) is 5.60. The Hall–Kier alpha value is -0.930. The summed E-state index contributed by atoms with van der Waals surface area (Å²) in [5, 5.41) is 5.67. The quantitative estimate of drug-likeness (QED) is 0.885. The van der Waals surface area contributed by atoms with Gasteiger partial charge in [-0.25, -0.2) is 0 Å². The molecule has 1 aromatic carbocycles. The van der Waals surface area contributed by atoms with E-state index in [1.54, 1.807) is 0 Å². The minimum atomic E-state index is 0.282. The number of aryl methyl sites for hydroxylation is 1. The molecule has 1 aromatic heterocycles. The smallest absolute Gasteiger partial charge is 0.134 e. The zero-order chi connectivity index (χ0) is 13.9. The van der Waals surface area contributed by atoms with Gasteiger partial charge in [0.15, 0.2) is 0 Å². The van der Waals surface area contributed by atoms with Gasteiger partial charge in [-0.15, -0.1) is 0 Å². The standard InChI is InChI=1S/C17H23NOS/c1-12-15-8-3-4-9-16(15)19-17(12)13(2)18-11-14-7-5-6-10-20-14/h3-4,8-9,13-14,18H,5-7,10-11H2,1-2H3. The Balaban J connectivity index is 1.68. The van der Waals surface area contributed by atoms with Crippen molar-refractivity contribution < 1.29 is 4.42 Å². The van der Waals surface area contributed by atoms with Crippen molar-refractivity contribution >= 4 is 22.7 Å². The second-order valence-corrected chi connectivity index (χ2v) is 7.11. The fourth-order valence-corrected chi connectivity index (χ4v) is 4.23. The summed E-state index contributed by atoms with van der Waals surface area (Å²) in [5.74, 6) is 2.41. The van der Waals surface area contributed by atoms with E-state index in [1.165, 1.54) is 36.0 Å². The molecular weight excluding hydrogens is 266 g/mol. The van der Waals surface area contributed by atoms with Crippen molar-refractivity contribution in [2.45, 2.75) is 44.4 Å². The molecule has 0 bridgehead atoms. The van der Waals surface area contributed by atoms with Crippen LogP contribution in [0.2, 0.25) is 0 Å². The zero-order valence-electron chi connectivity index (χ0n) is 12.3. The molecule has 2 aromatic rings. The van der Waals surface area contributed by atoms with Crippen LogP contribution in [0.1, 0.15) is 43.6 Å². The van der Waals surface area contributed by atoms with Gasteiger partial charge in [0.1, 0.15) is 11.3 Å². The molecule has 0 radical (unpaired) electrons. The van der Waals surface area contributed by atoms with Crippen LogP contribution in [0.25, 0.3) is 11.0 Å². The van der Waals surface area contributed by atoms with E-state index in [-0.39, 0.29) is 6.04 Å². The summed E-state index contributed by atoms with van der Waals surface area (Å²) in [5.41, 5.74) is 2.28. The predicted octanol–water partition coefficient (Wildman–Crippen LogP) is 4.68. The maximum absolute atomic E-state index is 6.03. The van der Waals surface area contributed by atoms with Gasteiger partial charge in [-0.2, -0.15) is 11.8 Å². The van der Waals surface area contributed by atoms with E-state index < -0.39 is 0 Å². The molecule has 108 valence electrons. The molecule has 2 nitrogen and oxygen atoms in total. The fourth-order valence-electron chi connectivity index (χ4n) is 2.98. The molecule has 1 N–H and O–H groups in total. The molecule has 3 heteroatoms. The number of para-hydroxylation sites is 1. The summed E-state index contributed by atoms with van der Waals surface area (Å²) in [6, 6.07) is 8.58. The predicted molar refractivity (Wildman–Crippen MR) is 87.5 cm³/mol. The summed E-state index contributed by atoms with van der Waals surface area (Å²) in [4.78, 5) is 0. The Kier molecular flexibility index (Phi) is 4.37. The number of benzene rings is 1. The second-order valence-electron chi connectivity index (χ2n) is 5.71. The minimum absolute atomic E-state index is 0.282. The number of fused-ring (bicyclic) bond motifs is 1. The van der Waals surface area contributed by atoms with Crippen LogP contribution < -0.4 is 5.32 Å². The lowest BCUT2D eigenvalue weighted by molar-refractivity contribution is 0.443. The van der Waals surface area contributed by atoms with Crippen molar-refractivity contribution in [3.63, 3.8) is 0 Å². The number of nitrogens with one attached hydrogen (secondary N) is 1. The van der Waals surface area contributed by atoms with Crippen LogP contribution in [-0.2, 0) is 0 Å². The molecule has 2 unspecified atom stereocenters. The fraction of sp³-hybridized carbons (Fsp3) is 0.529. The lowest BCUT2D eigenvalue weighted by Crippen LogP contribution is -2.29. The Morgan fingerprint density at radius 1 is 1.35 bits per heavy atom. The average Bonchev–Trinajstić information content (AvgIpc) is 2.84. The van der Waals surface area contributed by atoms with E-state index in [0.29, 0.717) is 0 Å². The lowest BCUT2D eigenvalue weighted by Gasteiger charge is -2.23. The van der Waals surface area contributed by atoms with E-state index in [4.69, 9.17) is 4.42 Å². The van der Waals surface area contributed by atoms with Gasteiger partial charge in [-0.3, -0.25) is 0 Å².